The van der Waals surface area contributed by atoms with Crippen LogP contribution >= 0.6 is 0 Å². The number of benzene rings is 3. The molecule has 0 saturated heterocycles. The average molecular weight is 448 g/mol. The molecule has 0 atom stereocenters. The highest BCUT2D eigenvalue weighted by molar-refractivity contribution is 5.95. The molecule has 4 heterocycles. The summed E-state index contributed by atoms with van der Waals surface area (Å²) in [6.07, 6.45) is 7.67. The van der Waals surface area contributed by atoms with E-state index in [2.05, 4.69) is 71.6 Å². The molecule has 3 nitrogen and oxygen atoms in total. The maximum atomic E-state index is 4.77. The van der Waals surface area contributed by atoms with Crippen LogP contribution in [-0.4, -0.2) is 9.97 Å². The highest BCUT2D eigenvalue weighted by atomic mass is 15.2. The van der Waals surface area contributed by atoms with E-state index in [9.17, 15) is 0 Å². The van der Waals surface area contributed by atoms with Crippen LogP contribution in [0.2, 0.25) is 0 Å². The number of aromatic nitrogens is 2. The Labute approximate surface area is 203 Å². The van der Waals surface area contributed by atoms with Crippen LogP contribution in [0.25, 0.3) is 22.3 Å². The summed E-state index contributed by atoms with van der Waals surface area (Å²) in [5.41, 5.74) is 20.4. The lowest BCUT2D eigenvalue weighted by Gasteiger charge is -2.39. The summed E-state index contributed by atoms with van der Waals surface area (Å²) in [4.78, 5) is 11.9. The average Bonchev–Trinajstić information content (AvgIpc) is 3.44. The predicted octanol–water partition coefficient (Wildman–Crippen LogP) is 6.90. The standard InChI is InChI=1S/C32H21N3/c1-2-5-23-18(4-1)12-21-16-25-22(15-24(21)23)13-19-7-8-29-26(31(19)25)14-20-9-11-34-28-17-27-30(6-3-10-33-27)35(29)32(20)28/h1-11,15-16H,12-14,17H2. The molecule has 3 aromatic carbocycles. The molecule has 2 aliphatic heterocycles. The molecule has 0 saturated carbocycles. The van der Waals surface area contributed by atoms with E-state index in [0.717, 1.165) is 37.1 Å². The fourth-order valence-electron chi connectivity index (χ4n) is 6.95. The number of fused-ring (bicyclic) bond motifs is 11. The van der Waals surface area contributed by atoms with Gasteiger partial charge in [-0.25, -0.2) is 0 Å². The van der Waals surface area contributed by atoms with Crippen molar-refractivity contribution in [1.82, 2.24) is 9.97 Å². The fourth-order valence-corrected chi connectivity index (χ4v) is 6.95. The zero-order valence-electron chi connectivity index (χ0n) is 19.2. The Bertz CT molecular complexity index is 1760. The quantitative estimate of drug-likeness (QED) is 0.253. The second-order valence-electron chi connectivity index (χ2n) is 10.2. The van der Waals surface area contributed by atoms with Gasteiger partial charge in [-0.2, -0.15) is 0 Å². The number of hydrogen-bond acceptors (Lipinski definition) is 3. The Morgan fingerprint density at radius 1 is 0.543 bits per heavy atom. The molecule has 3 heteroatoms. The van der Waals surface area contributed by atoms with Crippen molar-refractivity contribution in [2.24, 2.45) is 0 Å². The SMILES string of the molecule is c1ccc2c(c1)Cc1cc3c(cc1-2)Cc1ccc2c(c1-3)Cc1ccnc3c1N2c1cccnc1C3. The molecule has 2 aromatic heterocycles. The Balaban J connectivity index is 1.28. The van der Waals surface area contributed by atoms with Gasteiger partial charge in [0.05, 0.1) is 28.5 Å². The molecule has 0 bridgehead atoms. The van der Waals surface area contributed by atoms with Crippen molar-refractivity contribution in [3.63, 3.8) is 0 Å². The van der Waals surface area contributed by atoms with Crippen molar-refractivity contribution in [3.8, 4) is 22.3 Å². The van der Waals surface area contributed by atoms with Crippen molar-refractivity contribution in [3.05, 3.63) is 124 Å². The van der Waals surface area contributed by atoms with Gasteiger partial charge in [0.15, 0.2) is 0 Å². The number of anilines is 3. The van der Waals surface area contributed by atoms with Gasteiger partial charge in [0.2, 0.25) is 0 Å². The van der Waals surface area contributed by atoms with Gasteiger partial charge in [0.1, 0.15) is 0 Å². The summed E-state index contributed by atoms with van der Waals surface area (Å²) < 4.78 is 0. The zero-order chi connectivity index (χ0) is 22.7. The number of nitrogens with zero attached hydrogens (tertiary/aromatic N) is 3. The molecule has 0 radical (unpaired) electrons. The normalized spacial score (nSPS) is 14.9. The summed E-state index contributed by atoms with van der Waals surface area (Å²) in [7, 11) is 0. The molecular formula is C32H21N3. The largest absolute Gasteiger partial charge is 0.306 e. The summed E-state index contributed by atoms with van der Waals surface area (Å²) in [5, 5.41) is 0. The fraction of sp³-hybridized carbons (Fsp3) is 0.125. The van der Waals surface area contributed by atoms with Crippen molar-refractivity contribution >= 4 is 17.1 Å². The van der Waals surface area contributed by atoms with Gasteiger partial charge >= 0.3 is 0 Å². The molecule has 35 heavy (non-hydrogen) atoms. The highest BCUT2D eigenvalue weighted by Crippen LogP contribution is 2.54. The topological polar surface area (TPSA) is 29.0 Å². The second-order valence-corrected chi connectivity index (χ2v) is 10.2. The van der Waals surface area contributed by atoms with Gasteiger partial charge in [-0.1, -0.05) is 30.3 Å². The van der Waals surface area contributed by atoms with Crippen LogP contribution in [0.4, 0.5) is 17.1 Å². The van der Waals surface area contributed by atoms with E-state index in [-0.39, 0.29) is 0 Å². The van der Waals surface area contributed by atoms with Crippen molar-refractivity contribution in [2.75, 3.05) is 4.90 Å². The summed E-state index contributed by atoms with van der Waals surface area (Å²) in [6, 6.07) is 25.0. The first-order valence-corrected chi connectivity index (χ1v) is 12.4. The number of pyridine rings is 2. The molecule has 4 aliphatic rings. The third kappa shape index (κ3) is 2.26. The minimum Gasteiger partial charge on any atom is -0.306 e. The number of hydrogen-bond donors (Lipinski definition) is 0. The maximum Gasteiger partial charge on any atom is 0.0717 e. The Morgan fingerprint density at radius 2 is 1.40 bits per heavy atom. The molecule has 0 spiro atoms. The molecule has 9 rings (SSSR count). The van der Waals surface area contributed by atoms with E-state index in [1.807, 2.05) is 12.4 Å². The third-order valence-electron chi connectivity index (χ3n) is 8.40. The minimum absolute atomic E-state index is 0.797. The van der Waals surface area contributed by atoms with Gasteiger partial charge < -0.3 is 4.90 Å². The summed E-state index contributed by atoms with van der Waals surface area (Å²) in [6.45, 7) is 0. The van der Waals surface area contributed by atoms with E-state index in [1.54, 1.807) is 0 Å². The van der Waals surface area contributed by atoms with Crippen LogP contribution in [0.5, 0.6) is 0 Å². The lowest BCUT2D eigenvalue weighted by atomic mass is 9.86. The van der Waals surface area contributed by atoms with Crippen molar-refractivity contribution in [1.29, 1.82) is 0 Å². The molecule has 0 amide bonds. The minimum atomic E-state index is 0.797. The summed E-state index contributed by atoms with van der Waals surface area (Å²) in [5.74, 6) is 0. The summed E-state index contributed by atoms with van der Waals surface area (Å²) >= 11 is 0. The molecule has 2 aliphatic carbocycles. The molecular weight excluding hydrogens is 426 g/mol. The van der Waals surface area contributed by atoms with Crippen molar-refractivity contribution < 1.29 is 0 Å². The second kappa shape index (κ2) is 6.25. The van der Waals surface area contributed by atoms with Crippen LogP contribution in [0, 0.1) is 0 Å². The van der Waals surface area contributed by atoms with Crippen LogP contribution < -0.4 is 4.90 Å². The van der Waals surface area contributed by atoms with Gasteiger partial charge in [0, 0.05) is 25.2 Å². The number of rotatable bonds is 0. The molecule has 164 valence electrons. The first kappa shape index (κ1) is 18.1. The molecule has 0 N–H and O–H groups in total. The van der Waals surface area contributed by atoms with Crippen LogP contribution in [0.15, 0.2) is 79.1 Å². The van der Waals surface area contributed by atoms with Gasteiger partial charge in [0.25, 0.3) is 0 Å². The lowest BCUT2D eigenvalue weighted by Crippen LogP contribution is -2.26. The zero-order valence-corrected chi connectivity index (χ0v) is 19.2. The van der Waals surface area contributed by atoms with Crippen LogP contribution in [0.1, 0.15) is 44.8 Å². The van der Waals surface area contributed by atoms with E-state index in [0.29, 0.717) is 0 Å². The highest BCUT2D eigenvalue weighted by Gasteiger charge is 2.36. The third-order valence-corrected chi connectivity index (χ3v) is 8.40. The first-order valence-electron chi connectivity index (χ1n) is 12.4. The maximum absolute atomic E-state index is 4.77. The van der Waals surface area contributed by atoms with Gasteiger partial charge in [-0.15, -0.1) is 0 Å². The van der Waals surface area contributed by atoms with Gasteiger partial charge in [-0.05, 0) is 105 Å². The van der Waals surface area contributed by atoms with Crippen molar-refractivity contribution in [2.45, 2.75) is 25.7 Å². The van der Waals surface area contributed by atoms with E-state index in [4.69, 9.17) is 9.97 Å². The van der Waals surface area contributed by atoms with E-state index < -0.39 is 0 Å². The molecule has 5 aromatic rings. The smallest absolute Gasteiger partial charge is 0.0717 e. The Morgan fingerprint density at radius 3 is 2.40 bits per heavy atom. The molecule has 0 unspecified atom stereocenters. The van der Waals surface area contributed by atoms with Gasteiger partial charge in [-0.3, -0.25) is 9.97 Å². The lowest BCUT2D eigenvalue weighted by molar-refractivity contribution is 0.927. The van der Waals surface area contributed by atoms with Crippen LogP contribution in [0.3, 0.4) is 0 Å². The monoisotopic (exact) mass is 447 g/mol. The molecule has 0 fully saturated rings. The van der Waals surface area contributed by atoms with E-state index >= 15 is 0 Å². The van der Waals surface area contributed by atoms with E-state index in [1.165, 1.54) is 72.7 Å². The predicted molar refractivity (Wildman–Crippen MR) is 139 cm³/mol. The first-order chi connectivity index (χ1) is 17.3. The Kier molecular flexibility index (Phi) is 3.24. The van der Waals surface area contributed by atoms with Crippen LogP contribution in [-0.2, 0) is 25.7 Å². The Hall–Kier alpha value is -4.24.